The van der Waals surface area contributed by atoms with Crippen molar-refractivity contribution in [3.8, 4) is 5.69 Å². The van der Waals surface area contributed by atoms with Gasteiger partial charge in [-0.15, -0.1) is 5.10 Å². The fourth-order valence-corrected chi connectivity index (χ4v) is 4.12. The van der Waals surface area contributed by atoms with Gasteiger partial charge in [-0.1, -0.05) is 35.0 Å². The molecule has 3 aromatic rings. The molecule has 0 atom stereocenters. The quantitative estimate of drug-likeness (QED) is 0.721. The topological polar surface area (TPSA) is 94.0 Å². The highest BCUT2D eigenvalue weighted by Gasteiger charge is 2.23. The van der Waals surface area contributed by atoms with Crippen LogP contribution in [0.3, 0.4) is 0 Å². The van der Waals surface area contributed by atoms with Crippen molar-refractivity contribution in [1.82, 2.24) is 19.7 Å². The molecule has 0 fully saturated rings. The third kappa shape index (κ3) is 4.01. The smallest absolute Gasteiger partial charge is 0.266 e. The molecule has 140 valence electrons. The number of aromatic nitrogens is 3. The Morgan fingerprint density at radius 3 is 2.44 bits per heavy atom. The normalized spacial score (nSPS) is 11.4. The highest BCUT2D eigenvalue weighted by atomic mass is 35.5. The fourth-order valence-electron chi connectivity index (χ4n) is 2.51. The molecule has 0 bridgehead atoms. The molecular weight excluding hydrogens is 388 g/mol. The lowest BCUT2D eigenvalue weighted by atomic mass is 10.2. The lowest BCUT2D eigenvalue weighted by Gasteiger charge is -2.09. The second-order valence-corrected chi connectivity index (χ2v) is 8.26. The van der Waals surface area contributed by atoms with Crippen molar-refractivity contribution in [1.29, 1.82) is 0 Å². The van der Waals surface area contributed by atoms with E-state index in [9.17, 15) is 13.2 Å². The number of carbonyl (C=O) groups excluding carboxylic acids is 1. The molecule has 0 saturated carbocycles. The minimum atomic E-state index is -4.03. The summed E-state index contributed by atoms with van der Waals surface area (Å²) in [5, 5.41) is 8.05. The van der Waals surface area contributed by atoms with Crippen LogP contribution in [0.4, 0.5) is 0 Å². The summed E-state index contributed by atoms with van der Waals surface area (Å²) in [4.78, 5) is 12.4. The van der Waals surface area contributed by atoms with E-state index in [-0.39, 0.29) is 10.6 Å². The Bertz CT molecular complexity index is 1140. The number of benzene rings is 2. The van der Waals surface area contributed by atoms with E-state index in [0.717, 1.165) is 11.1 Å². The van der Waals surface area contributed by atoms with Gasteiger partial charge in [0.05, 0.1) is 21.8 Å². The predicted octanol–water partition coefficient (Wildman–Crippen LogP) is 2.96. The van der Waals surface area contributed by atoms with Crippen LogP contribution < -0.4 is 4.72 Å². The molecule has 1 amide bonds. The SMILES string of the molecule is Cc1ccc(-n2cc(C(=O)NS(=O)(=O)c3cc(C)ccc3C)nn2)c(Cl)c1. The van der Waals surface area contributed by atoms with Crippen LogP contribution in [0, 0.1) is 20.8 Å². The van der Waals surface area contributed by atoms with Crippen molar-refractivity contribution in [2.24, 2.45) is 0 Å². The first-order valence-electron chi connectivity index (χ1n) is 8.00. The summed E-state index contributed by atoms with van der Waals surface area (Å²) in [5.41, 5.74) is 2.68. The Balaban J connectivity index is 1.87. The van der Waals surface area contributed by atoms with E-state index in [1.165, 1.54) is 16.9 Å². The van der Waals surface area contributed by atoms with Crippen LogP contribution >= 0.6 is 11.6 Å². The molecule has 1 N–H and O–H groups in total. The average Bonchev–Trinajstić information content (AvgIpc) is 3.06. The van der Waals surface area contributed by atoms with Crippen molar-refractivity contribution in [2.75, 3.05) is 0 Å². The summed E-state index contributed by atoms with van der Waals surface area (Å²) < 4.78 is 28.4. The Morgan fingerprint density at radius 2 is 1.74 bits per heavy atom. The standard InChI is InChI=1S/C18H17ClN4O3S/c1-11-5-7-16(14(19)8-11)23-10-15(20-22-23)18(24)21-27(25,26)17-9-12(2)4-6-13(17)3/h4-10H,1-3H3,(H,21,24). The first-order chi connectivity index (χ1) is 12.7. The third-order valence-electron chi connectivity index (χ3n) is 3.94. The average molecular weight is 405 g/mol. The summed E-state index contributed by atoms with van der Waals surface area (Å²) in [6.45, 7) is 5.33. The minimum Gasteiger partial charge on any atom is -0.266 e. The zero-order valence-corrected chi connectivity index (χ0v) is 16.5. The summed E-state index contributed by atoms with van der Waals surface area (Å²) in [6.07, 6.45) is 1.32. The number of amides is 1. The number of hydrogen-bond acceptors (Lipinski definition) is 5. The van der Waals surface area contributed by atoms with Crippen LogP contribution in [0.5, 0.6) is 0 Å². The summed E-state index contributed by atoms with van der Waals surface area (Å²) in [5.74, 6) is -0.870. The van der Waals surface area contributed by atoms with Gasteiger partial charge in [-0.3, -0.25) is 4.79 Å². The van der Waals surface area contributed by atoms with Crippen LogP contribution in [0.25, 0.3) is 5.69 Å². The van der Waals surface area contributed by atoms with Gasteiger partial charge in [0.2, 0.25) is 0 Å². The van der Waals surface area contributed by atoms with E-state index >= 15 is 0 Å². The molecule has 0 aliphatic heterocycles. The Kier molecular flexibility index (Phi) is 5.03. The first kappa shape index (κ1) is 19.1. The van der Waals surface area contributed by atoms with Crippen molar-refractivity contribution < 1.29 is 13.2 Å². The first-order valence-corrected chi connectivity index (χ1v) is 9.87. The molecule has 0 aliphatic carbocycles. The van der Waals surface area contributed by atoms with E-state index in [2.05, 4.69) is 10.3 Å². The number of carbonyl (C=O) groups is 1. The Labute approximate surface area is 162 Å². The van der Waals surface area contributed by atoms with Gasteiger partial charge in [0.1, 0.15) is 0 Å². The van der Waals surface area contributed by atoms with Crippen molar-refractivity contribution in [2.45, 2.75) is 25.7 Å². The van der Waals surface area contributed by atoms with Crippen LogP contribution in [0.1, 0.15) is 27.2 Å². The van der Waals surface area contributed by atoms with E-state index in [1.54, 1.807) is 38.1 Å². The lowest BCUT2D eigenvalue weighted by Crippen LogP contribution is -2.31. The molecule has 1 heterocycles. The number of nitrogens with one attached hydrogen (secondary N) is 1. The molecule has 0 unspecified atom stereocenters. The van der Waals surface area contributed by atoms with E-state index in [4.69, 9.17) is 11.6 Å². The minimum absolute atomic E-state index is 0.0461. The maximum atomic E-state index is 12.5. The summed E-state index contributed by atoms with van der Waals surface area (Å²) >= 11 is 6.19. The van der Waals surface area contributed by atoms with Crippen molar-refractivity contribution in [3.05, 3.63) is 70.0 Å². The van der Waals surface area contributed by atoms with Gasteiger partial charge in [-0.05, 0) is 55.7 Å². The number of rotatable bonds is 4. The van der Waals surface area contributed by atoms with E-state index < -0.39 is 15.9 Å². The molecule has 0 radical (unpaired) electrons. The highest BCUT2D eigenvalue weighted by Crippen LogP contribution is 2.21. The van der Waals surface area contributed by atoms with Gasteiger partial charge < -0.3 is 0 Å². The number of halogens is 1. The fraction of sp³-hybridized carbons (Fsp3) is 0.167. The van der Waals surface area contributed by atoms with Gasteiger partial charge in [0.15, 0.2) is 5.69 Å². The zero-order chi connectivity index (χ0) is 19.8. The molecule has 0 spiro atoms. The Hall–Kier alpha value is -2.71. The summed E-state index contributed by atoms with van der Waals surface area (Å²) in [7, 11) is -4.03. The monoisotopic (exact) mass is 404 g/mol. The van der Waals surface area contributed by atoms with Gasteiger partial charge in [0.25, 0.3) is 15.9 Å². The van der Waals surface area contributed by atoms with Crippen molar-refractivity contribution >= 4 is 27.5 Å². The summed E-state index contributed by atoms with van der Waals surface area (Å²) in [6, 6.07) is 10.3. The highest BCUT2D eigenvalue weighted by molar-refractivity contribution is 7.90. The molecule has 3 rings (SSSR count). The predicted molar refractivity (Wildman–Crippen MR) is 102 cm³/mol. The molecule has 0 saturated heterocycles. The van der Waals surface area contributed by atoms with Crippen LogP contribution in [0.15, 0.2) is 47.5 Å². The second kappa shape index (κ2) is 7.13. The van der Waals surface area contributed by atoms with Crippen LogP contribution in [0.2, 0.25) is 5.02 Å². The van der Waals surface area contributed by atoms with Crippen LogP contribution in [-0.4, -0.2) is 29.3 Å². The van der Waals surface area contributed by atoms with Gasteiger partial charge >= 0.3 is 0 Å². The number of aryl methyl sites for hydroxylation is 3. The molecular formula is C18H17ClN4O3S. The van der Waals surface area contributed by atoms with Gasteiger partial charge in [0, 0.05) is 0 Å². The molecule has 0 aliphatic rings. The maximum absolute atomic E-state index is 12.5. The Morgan fingerprint density at radius 1 is 1.07 bits per heavy atom. The molecule has 2 aromatic carbocycles. The van der Waals surface area contributed by atoms with Gasteiger partial charge in [-0.2, -0.15) is 0 Å². The van der Waals surface area contributed by atoms with Crippen molar-refractivity contribution in [3.63, 3.8) is 0 Å². The molecule has 1 aromatic heterocycles. The lowest BCUT2D eigenvalue weighted by molar-refractivity contribution is 0.0976. The third-order valence-corrected chi connectivity index (χ3v) is 5.71. The maximum Gasteiger partial charge on any atom is 0.287 e. The molecule has 9 heteroatoms. The number of sulfonamides is 1. The molecule has 27 heavy (non-hydrogen) atoms. The van der Waals surface area contributed by atoms with E-state index in [0.29, 0.717) is 16.3 Å². The largest absolute Gasteiger partial charge is 0.287 e. The molecule has 7 nitrogen and oxygen atoms in total. The van der Waals surface area contributed by atoms with Gasteiger partial charge in [-0.25, -0.2) is 17.8 Å². The number of hydrogen-bond donors (Lipinski definition) is 1. The number of nitrogens with zero attached hydrogens (tertiary/aromatic N) is 3. The van der Waals surface area contributed by atoms with Crippen LogP contribution in [-0.2, 0) is 10.0 Å². The zero-order valence-electron chi connectivity index (χ0n) is 14.9. The van der Waals surface area contributed by atoms with E-state index in [1.807, 2.05) is 17.7 Å². The second-order valence-electron chi connectivity index (χ2n) is 6.21.